The van der Waals surface area contributed by atoms with Crippen molar-refractivity contribution in [1.82, 2.24) is 10.2 Å². The van der Waals surface area contributed by atoms with Crippen molar-refractivity contribution in [3.63, 3.8) is 0 Å². The maximum absolute atomic E-state index is 12.5. The van der Waals surface area contributed by atoms with Crippen molar-refractivity contribution >= 4 is 17.7 Å². The van der Waals surface area contributed by atoms with Gasteiger partial charge in [0.25, 0.3) is 0 Å². The number of nitrogens with one attached hydrogen (secondary N) is 2. The molecule has 0 bridgehead atoms. The van der Waals surface area contributed by atoms with E-state index in [1.807, 2.05) is 24.3 Å². The van der Waals surface area contributed by atoms with Crippen LogP contribution in [0.2, 0.25) is 0 Å². The highest BCUT2D eigenvalue weighted by atomic mass is 16.6. The average molecular weight is 544 g/mol. The van der Waals surface area contributed by atoms with Gasteiger partial charge in [-0.3, -0.25) is 4.79 Å². The Labute approximate surface area is 237 Å². The number of carbonyl (C=O) groups excluding carboxylic acids is 2. The van der Waals surface area contributed by atoms with Crippen LogP contribution in [-0.4, -0.2) is 53.8 Å². The largest absolute Gasteiger partial charge is 0.412 e. The van der Waals surface area contributed by atoms with E-state index in [9.17, 15) is 14.7 Å². The van der Waals surface area contributed by atoms with E-state index in [4.69, 9.17) is 4.74 Å². The molecular formula is C33H41N3O4. The van der Waals surface area contributed by atoms with Crippen LogP contribution >= 0.6 is 0 Å². The van der Waals surface area contributed by atoms with Crippen LogP contribution in [0.25, 0.3) is 0 Å². The molecule has 2 aromatic rings. The Balaban J connectivity index is 1.35. The number of aliphatic hydroxyl groups is 1. The van der Waals surface area contributed by atoms with Crippen LogP contribution in [0.15, 0.2) is 42.5 Å². The molecule has 5 rings (SSSR count). The Bertz CT molecular complexity index is 1290. The summed E-state index contributed by atoms with van der Waals surface area (Å²) in [4.78, 5) is 26.3. The van der Waals surface area contributed by atoms with E-state index < -0.39 is 11.7 Å². The number of ether oxygens (including phenoxy) is 1. The first-order chi connectivity index (χ1) is 19.3. The van der Waals surface area contributed by atoms with Crippen LogP contribution < -0.4 is 15.4 Å². The third-order valence-electron chi connectivity index (χ3n) is 8.98. The highest BCUT2D eigenvalue weighted by molar-refractivity contribution is 5.88. The summed E-state index contributed by atoms with van der Waals surface area (Å²) < 4.78 is 5.68. The van der Waals surface area contributed by atoms with Crippen LogP contribution in [0.5, 0.6) is 5.75 Å². The summed E-state index contributed by atoms with van der Waals surface area (Å²) in [6, 6.07) is 14.1. The number of hydrogen-bond acceptors (Lipinski definition) is 5. The van der Waals surface area contributed by atoms with Gasteiger partial charge < -0.3 is 25.4 Å². The monoisotopic (exact) mass is 543 g/mol. The molecule has 3 atom stereocenters. The molecule has 0 spiro atoms. The number of rotatable bonds is 7. The molecule has 2 aromatic carbocycles. The molecule has 1 saturated carbocycles. The van der Waals surface area contributed by atoms with Crippen molar-refractivity contribution in [3.05, 3.63) is 59.2 Å². The molecule has 7 nitrogen and oxygen atoms in total. The molecule has 0 aromatic heterocycles. The summed E-state index contributed by atoms with van der Waals surface area (Å²) in [6.07, 6.45) is 6.77. The number of amides is 2. The topological polar surface area (TPSA) is 90.9 Å². The lowest BCUT2D eigenvalue weighted by atomic mass is 9.52. The highest BCUT2D eigenvalue weighted by Crippen LogP contribution is 2.54. The number of benzene rings is 2. The van der Waals surface area contributed by atoms with Gasteiger partial charge in [0, 0.05) is 31.1 Å². The van der Waals surface area contributed by atoms with Gasteiger partial charge in [-0.15, -0.1) is 5.92 Å². The molecule has 1 heterocycles. The second kappa shape index (κ2) is 12.0. The zero-order chi connectivity index (χ0) is 28.2. The maximum atomic E-state index is 12.5. The summed E-state index contributed by atoms with van der Waals surface area (Å²) in [5.74, 6) is 6.78. The van der Waals surface area contributed by atoms with Crippen LogP contribution in [-0.2, 0) is 23.1 Å². The normalized spacial score (nSPS) is 25.6. The fourth-order valence-corrected chi connectivity index (χ4v) is 7.14. The quantitative estimate of drug-likeness (QED) is 0.436. The standard InChI is InChI=1S/C33H41N3O4/c1-3-14-32(39)15-16-33(22-25-6-10-28(11-7-25)35-24(2)37)27(23-32)9-8-26-21-29(12-13-30(26)33)40-31(38)34-17-20-36-18-4-5-19-36/h6-7,10-13,21,27,39H,4-5,8-9,15-20,22-23H2,1-2H3,(H,34,38)(H,35,37)/t27-,32+,33+/m0/s1. The predicted octanol–water partition coefficient (Wildman–Crippen LogP) is 4.81. The third-order valence-corrected chi connectivity index (χ3v) is 8.98. The number of nitrogens with zero attached hydrogens (tertiary/aromatic N) is 1. The first kappa shape index (κ1) is 28.2. The first-order valence-electron chi connectivity index (χ1n) is 14.6. The van der Waals surface area contributed by atoms with Crippen molar-refractivity contribution < 1.29 is 19.4 Å². The summed E-state index contributed by atoms with van der Waals surface area (Å²) >= 11 is 0. The van der Waals surface area contributed by atoms with Crippen LogP contribution in [0.3, 0.4) is 0 Å². The Kier molecular flexibility index (Phi) is 8.48. The van der Waals surface area contributed by atoms with E-state index in [0.717, 1.165) is 51.0 Å². The van der Waals surface area contributed by atoms with Gasteiger partial charge in [0.1, 0.15) is 11.4 Å². The predicted molar refractivity (Wildman–Crippen MR) is 156 cm³/mol. The summed E-state index contributed by atoms with van der Waals surface area (Å²) in [5, 5.41) is 17.0. The molecule has 40 heavy (non-hydrogen) atoms. The van der Waals surface area contributed by atoms with Gasteiger partial charge in [-0.25, -0.2) is 4.79 Å². The Morgan fingerprint density at radius 1 is 1.12 bits per heavy atom. The minimum atomic E-state index is -0.952. The molecule has 1 aliphatic heterocycles. The number of fused-ring (bicyclic) bond motifs is 3. The van der Waals surface area contributed by atoms with E-state index in [1.165, 1.54) is 36.5 Å². The SMILES string of the molecule is CC#C[C@@]1(O)CC[C@]2(Cc3ccc(NC(C)=O)cc3)c3ccc(OC(=O)NCCN4CCCC4)cc3CC[C@H]2C1. The molecule has 2 fully saturated rings. The zero-order valence-electron chi connectivity index (χ0n) is 23.7. The molecule has 2 aliphatic carbocycles. The van der Waals surface area contributed by atoms with Crippen molar-refractivity contribution in [2.45, 2.75) is 76.2 Å². The lowest BCUT2D eigenvalue weighted by molar-refractivity contribution is -0.114. The van der Waals surface area contributed by atoms with Gasteiger partial charge in [0.2, 0.25) is 5.91 Å². The lowest BCUT2D eigenvalue weighted by Gasteiger charge is -2.52. The number of anilines is 1. The van der Waals surface area contributed by atoms with Crippen LogP contribution in [0.4, 0.5) is 10.5 Å². The van der Waals surface area contributed by atoms with E-state index in [0.29, 0.717) is 25.1 Å². The van der Waals surface area contributed by atoms with Crippen molar-refractivity contribution in [2.24, 2.45) is 5.92 Å². The molecule has 7 heteroatoms. The smallest absolute Gasteiger partial charge is 0.410 e. The Morgan fingerprint density at radius 2 is 1.90 bits per heavy atom. The minimum absolute atomic E-state index is 0.0884. The fraction of sp³-hybridized carbons (Fsp3) is 0.515. The lowest BCUT2D eigenvalue weighted by Crippen LogP contribution is -2.50. The van der Waals surface area contributed by atoms with Crippen molar-refractivity contribution in [3.8, 4) is 17.6 Å². The average Bonchev–Trinajstić information content (AvgIpc) is 3.43. The van der Waals surface area contributed by atoms with Crippen molar-refractivity contribution in [2.75, 3.05) is 31.5 Å². The van der Waals surface area contributed by atoms with E-state index in [-0.39, 0.29) is 17.2 Å². The highest BCUT2D eigenvalue weighted by Gasteiger charge is 2.51. The Hall–Kier alpha value is -3.34. The fourth-order valence-electron chi connectivity index (χ4n) is 7.14. The molecule has 3 aliphatic rings. The van der Waals surface area contributed by atoms with Gasteiger partial charge in [-0.1, -0.05) is 24.1 Å². The van der Waals surface area contributed by atoms with Crippen LogP contribution in [0, 0.1) is 17.8 Å². The molecular weight excluding hydrogens is 502 g/mol. The second-order valence-corrected chi connectivity index (χ2v) is 11.7. The van der Waals surface area contributed by atoms with Gasteiger partial charge in [-0.05, 0) is 118 Å². The number of hydrogen-bond donors (Lipinski definition) is 3. The molecule has 0 unspecified atom stereocenters. The van der Waals surface area contributed by atoms with Crippen molar-refractivity contribution in [1.29, 1.82) is 0 Å². The zero-order valence-corrected chi connectivity index (χ0v) is 23.7. The van der Waals surface area contributed by atoms with Crippen LogP contribution in [0.1, 0.15) is 69.1 Å². The molecule has 3 N–H and O–H groups in total. The summed E-state index contributed by atoms with van der Waals surface area (Å²) in [7, 11) is 0. The number of carbonyl (C=O) groups is 2. The number of aryl methyl sites for hydroxylation is 1. The maximum Gasteiger partial charge on any atom is 0.412 e. The minimum Gasteiger partial charge on any atom is -0.410 e. The van der Waals surface area contributed by atoms with E-state index in [1.54, 1.807) is 6.92 Å². The van der Waals surface area contributed by atoms with E-state index >= 15 is 0 Å². The van der Waals surface area contributed by atoms with Gasteiger partial charge in [-0.2, -0.15) is 0 Å². The third kappa shape index (κ3) is 6.35. The number of likely N-dealkylation sites (tertiary alicyclic amines) is 1. The van der Waals surface area contributed by atoms with E-state index in [2.05, 4.69) is 45.6 Å². The van der Waals surface area contributed by atoms with Gasteiger partial charge in [0.05, 0.1) is 0 Å². The molecule has 2 amide bonds. The Morgan fingerprint density at radius 3 is 2.62 bits per heavy atom. The first-order valence-corrected chi connectivity index (χ1v) is 14.6. The molecule has 212 valence electrons. The summed E-state index contributed by atoms with van der Waals surface area (Å²) in [6.45, 7) is 6.94. The molecule has 0 radical (unpaired) electrons. The van der Waals surface area contributed by atoms with Gasteiger partial charge >= 0.3 is 6.09 Å². The molecule has 1 saturated heterocycles. The van der Waals surface area contributed by atoms with Gasteiger partial charge in [0.15, 0.2) is 0 Å². The second-order valence-electron chi connectivity index (χ2n) is 11.7. The summed E-state index contributed by atoms with van der Waals surface area (Å²) in [5.41, 5.74) is 3.36.